The molecular formula is C13H17BrFNO. The van der Waals surface area contributed by atoms with Gasteiger partial charge in [-0.3, -0.25) is 4.79 Å². The van der Waals surface area contributed by atoms with Crippen LogP contribution in [0.2, 0.25) is 0 Å². The van der Waals surface area contributed by atoms with Crippen molar-refractivity contribution in [3.8, 4) is 0 Å². The molecule has 0 aliphatic heterocycles. The van der Waals surface area contributed by atoms with E-state index < -0.39 is 0 Å². The van der Waals surface area contributed by atoms with Crippen molar-refractivity contribution in [3.05, 3.63) is 34.1 Å². The average molecular weight is 302 g/mol. The van der Waals surface area contributed by atoms with Crippen molar-refractivity contribution < 1.29 is 9.18 Å². The summed E-state index contributed by atoms with van der Waals surface area (Å²) in [4.78, 5) is 11.9. The number of carbonyl (C=O) groups is 1. The first-order valence-corrected chi connectivity index (χ1v) is 6.50. The highest BCUT2D eigenvalue weighted by molar-refractivity contribution is 9.10. The maximum absolute atomic E-state index is 13.0. The molecule has 17 heavy (non-hydrogen) atoms. The summed E-state index contributed by atoms with van der Waals surface area (Å²) in [5.74, 6) is -0.114. The van der Waals surface area contributed by atoms with E-state index in [2.05, 4.69) is 15.9 Å². The van der Waals surface area contributed by atoms with Gasteiger partial charge < -0.3 is 5.73 Å². The van der Waals surface area contributed by atoms with Crippen molar-refractivity contribution in [3.63, 3.8) is 0 Å². The van der Waals surface area contributed by atoms with Crippen LogP contribution in [0, 0.1) is 11.7 Å². The Morgan fingerprint density at radius 1 is 1.53 bits per heavy atom. The van der Waals surface area contributed by atoms with Gasteiger partial charge in [0.1, 0.15) is 11.6 Å². The van der Waals surface area contributed by atoms with Crippen molar-refractivity contribution in [2.75, 3.05) is 6.54 Å². The minimum absolute atomic E-state index is 0.0161. The number of hydrogen-bond donors (Lipinski definition) is 1. The molecule has 0 fully saturated rings. The molecule has 0 aromatic heterocycles. The van der Waals surface area contributed by atoms with E-state index in [0.29, 0.717) is 17.4 Å². The molecule has 0 radical (unpaired) electrons. The molecule has 0 bridgehead atoms. The van der Waals surface area contributed by atoms with E-state index in [9.17, 15) is 9.18 Å². The van der Waals surface area contributed by atoms with Crippen molar-refractivity contribution in [2.45, 2.75) is 26.2 Å². The lowest BCUT2D eigenvalue weighted by Crippen LogP contribution is -2.15. The molecule has 4 heteroatoms. The van der Waals surface area contributed by atoms with Crippen molar-refractivity contribution in [1.82, 2.24) is 0 Å². The van der Waals surface area contributed by atoms with E-state index in [-0.39, 0.29) is 17.5 Å². The standard InChI is InChI=1S/C13H17BrFNO/c1-9(3-2-6-16)13(17)8-10-4-5-12(15)11(14)7-10/h4-5,7,9H,2-3,6,8,16H2,1H3. The summed E-state index contributed by atoms with van der Waals surface area (Å²) in [5, 5.41) is 0. The largest absolute Gasteiger partial charge is 0.330 e. The van der Waals surface area contributed by atoms with Crippen LogP contribution in [0.25, 0.3) is 0 Å². The molecule has 1 atom stereocenters. The fraction of sp³-hybridized carbons (Fsp3) is 0.462. The van der Waals surface area contributed by atoms with Crippen LogP contribution < -0.4 is 5.73 Å². The lowest BCUT2D eigenvalue weighted by molar-refractivity contribution is -0.121. The van der Waals surface area contributed by atoms with Gasteiger partial charge in [-0.2, -0.15) is 0 Å². The Labute approximate surface area is 110 Å². The number of carbonyl (C=O) groups excluding carboxylic acids is 1. The second-order valence-corrected chi connectivity index (χ2v) is 5.08. The third-order valence-corrected chi connectivity index (χ3v) is 3.36. The van der Waals surface area contributed by atoms with Crippen molar-refractivity contribution in [1.29, 1.82) is 0 Å². The highest BCUT2D eigenvalue weighted by atomic mass is 79.9. The number of hydrogen-bond acceptors (Lipinski definition) is 2. The van der Waals surface area contributed by atoms with Crippen LogP contribution in [0.1, 0.15) is 25.3 Å². The van der Waals surface area contributed by atoms with E-state index >= 15 is 0 Å². The number of nitrogens with two attached hydrogens (primary N) is 1. The first-order chi connectivity index (χ1) is 8.04. The van der Waals surface area contributed by atoms with Gasteiger partial charge in [0.05, 0.1) is 4.47 Å². The van der Waals surface area contributed by atoms with Crippen LogP contribution in [-0.4, -0.2) is 12.3 Å². The first kappa shape index (κ1) is 14.3. The summed E-state index contributed by atoms with van der Waals surface area (Å²) in [5.41, 5.74) is 6.24. The number of rotatable bonds is 6. The zero-order valence-corrected chi connectivity index (χ0v) is 11.5. The fourth-order valence-corrected chi connectivity index (χ4v) is 2.04. The third kappa shape index (κ3) is 4.56. The minimum Gasteiger partial charge on any atom is -0.330 e. The molecule has 0 spiro atoms. The smallest absolute Gasteiger partial charge is 0.140 e. The Morgan fingerprint density at radius 2 is 2.24 bits per heavy atom. The Kier molecular flexibility index (Phi) is 5.78. The van der Waals surface area contributed by atoms with Crippen molar-refractivity contribution in [2.24, 2.45) is 11.7 Å². The SMILES string of the molecule is CC(CCCN)C(=O)Cc1ccc(F)c(Br)c1. The van der Waals surface area contributed by atoms with Crippen LogP contribution in [0.5, 0.6) is 0 Å². The third-order valence-electron chi connectivity index (χ3n) is 2.75. The molecule has 94 valence electrons. The molecule has 0 aliphatic carbocycles. The maximum Gasteiger partial charge on any atom is 0.140 e. The number of benzene rings is 1. The maximum atomic E-state index is 13.0. The van der Waals surface area contributed by atoms with Crippen LogP contribution in [0.15, 0.2) is 22.7 Å². The first-order valence-electron chi connectivity index (χ1n) is 5.71. The van der Waals surface area contributed by atoms with E-state index in [1.807, 2.05) is 6.92 Å². The highest BCUT2D eigenvalue weighted by Gasteiger charge is 2.13. The summed E-state index contributed by atoms with van der Waals surface area (Å²) in [7, 11) is 0. The van der Waals surface area contributed by atoms with Gasteiger partial charge in [-0.1, -0.05) is 13.0 Å². The molecule has 2 N–H and O–H groups in total. The summed E-state index contributed by atoms with van der Waals surface area (Å²) >= 11 is 3.11. The van der Waals surface area contributed by atoms with E-state index in [4.69, 9.17) is 5.73 Å². The molecule has 1 rings (SSSR count). The Hall–Kier alpha value is -0.740. The summed E-state index contributed by atoms with van der Waals surface area (Å²) in [6.45, 7) is 2.52. The second kappa shape index (κ2) is 6.87. The Balaban J connectivity index is 2.58. The molecule has 0 saturated heterocycles. The number of Topliss-reactive ketones (excluding diaryl/α,β-unsaturated/α-hetero) is 1. The molecule has 0 heterocycles. The van der Waals surface area contributed by atoms with Gasteiger partial charge in [0.25, 0.3) is 0 Å². The molecule has 2 nitrogen and oxygen atoms in total. The van der Waals surface area contributed by atoms with E-state index in [1.54, 1.807) is 12.1 Å². The van der Waals surface area contributed by atoms with Crippen LogP contribution >= 0.6 is 15.9 Å². The summed E-state index contributed by atoms with van der Waals surface area (Å²) < 4.78 is 13.4. The van der Waals surface area contributed by atoms with Crippen LogP contribution in [0.4, 0.5) is 4.39 Å². The van der Waals surface area contributed by atoms with Gasteiger partial charge in [0, 0.05) is 12.3 Å². The van der Waals surface area contributed by atoms with Gasteiger partial charge >= 0.3 is 0 Å². The number of halogens is 2. The fourth-order valence-electron chi connectivity index (χ4n) is 1.61. The van der Waals surface area contributed by atoms with E-state index in [0.717, 1.165) is 18.4 Å². The number of ketones is 1. The lowest BCUT2D eigenvalue weighted by atomic mass is 9.95. The van der Waals surface area contributed by atoms with Gasteiger partial charge in [-0.05, 0) is 53.0 Å². The topological polar surface area (TPSA) is 43.1 Å². The second-order valence-electron chi connectivity index (χ2n) is 4.22. The van der Waals surface area contributed by atoms with Gasteiger partial charge in [0.15, 0.2) is 0 Å². The zero-order valence-electron chi connectivity index (χ0n) is 9.88. The predicted octanol–water partition coefficient (Wildman–Crippen LogP) is 3.07. The highest BCUT2D eigenvalue weighted by Crippen LogP contribution is 2.18. The quantitative estimate of drug-likeness (QED) is 0.877. The van der Waals surface area contributed by atoms with Crippen molar-refractivity contribution >= 4 is 21.7 Å². The molecule has 1 aromatic rings. The normalized spacial score (nSPS) is 12.5. The van der Waals surface area contributed by atoms with E-state index in [1.165, 1.54) is 6.07 Å². The van der Waals surface area contributed by atoms with Gasteiger partial charge in [-0.25, -0.2) is 4.39 Å². The summed E-state index contributed by atoms with van der Waals surface area (Å²) in [6, 6.07) is 4.67. The molecule has 0 saturated carbocycles. The minimum atomic E-state index is -0.308. The molecule has 1 unspecified atom stereocenters. The van der Waals surface area contributed by atoms with Crippen LogP contribution in [0.3, 0.4) is 0 Å². The van der Waals surface area contributed by atoms with Gasteiger partial charge in [-0.15, -0.1) is 0 Å². The molecule has 0 amide bonds. The zero-order chi connectivity index (χ0) is 12.8. The average Bonchev–Trinajstić information content (AvgIpc) is 2.30. The molecule has 1 aromatic carbocycles. The predicted molar refractivity (Wildman–Crippen MR) is 70.3 cm³/mol. The monoisotopic (exact) mass is 301 g/mol. The summed E-state index contributed by atoms with van der Waals surface area (Å²) in [6.07, 6.45) is 2.03. The Morgan fingerprint density at radius 3 is 2.82 bits per heavy atom. The Bertz CT molecular complexity index is 395. The van der Waals surface area contributed by atoms with Gasteiger partial charge in [0.2, 0.25) is 0 Å². The lowest BCUT2D eigenvalue weighted by Gasteiger charge is -2.09. The molecular weight excluding hydrogens is 285 g/mol. The molecule has 0 aliphatic rings. The van der Waals surface area contributed by atoms with Crippen LogP contribution in [-0.2, 0) is 11.2 Å².